The summed E-state index contributed by atoms with van der Waals surface area (Å²) >= 11 is 0. The van der Waals surface area contributed by atoms with Crippen LogP contribution in [0.15, 0.2) is 47.1 Å². The van der Waals surface area contributed by atoms with E-state index in [4.69, 9.17) is 4.52 Å². The number of carbonyl (C=O) groups excluding carboxylic acids is 1. The summed E-state index contributed by atoms with van der Waals surface area (Å²) in [7, 11) is 0. The maximum Gasteiger partial charge on any atom is 0.292 e. The second-order valence-corrected chi connectivity index (χ2v) is 7.50. The summed E-state index contributed by atoms with van der Waals surface area (Å²) < 4.78 is 5.22. The van der Waals surface area contributed by atoms with Gasteiger partial charge in [-0.15, -0.1) is 0 Å². The van der Waals surface area contributed by atoms with E-state index in [1.54, 1.807) is 17.2 Å². The van der Waals surface area contributed by atoms with Crippen molar-refractivity contribution in [3.63, 3.8) is 0 Å². The Morgan fingerprint density at radius 1 is 1.30 bits per heavy atom. The molecule has 1 aliphatic rings. The molecule has 1 amide bonds. The minimum absolute atomic E-state index is 0.0211. The zero-order valence-electron chi connectivity index (χ0n) is 15.5. The van der Waals surface area contributed by atoms with E-state index in [-0.39, 0.29) is 23.5 Å². The van der Waals surface area contributed by atoms with Crippen LogP contribution in [0.3, 0.4) is 0 Å². The van der Waals surface area contributed by atoms with Crippen molar-refractivity contribution in [2.45, 2.75) is 32.3 Å². The molecular formula is C21H23N3O3. The molecule has 140 valence electrons. The molecule has 6 nitrogen and oxygen atoms in total. The van der Waals surface area contributed by atoms with Gasteiger partial charge >= 0.3 is 0 Å². The van der Waals surface area contributed by atoms with Gasteiger partial charge in [-0.1, -0.05) is 37.2 Å². The van der Waals surface area contributed by atoms with Gasteiger partial charge in [-0.2, -0.15) is 0 Å². The van der Waals surface area contributed by atoms with Crippen LogP contribution in [0.25, 0.3) is 10.9 Å². The van der Waals surface area contributed by atoms with E-state index in [1.807, 2.05) is 44.2 Å². The number of amides is 1. The van der Waals surface area contributed by atoms with Crippen molar-refractivity contribution >= 4 is 16.8 Å². The standard InChI is InChI=1S/C21H23N3O3/c1-13(2)18-10-20(27-23-18)21(26)24-11-15(19(25)12-24)9-14-7-8-22-17-6-4-3-5-16(14)17/h3-8,10,13,15,19,25H,9,11-12H2,1-2H3/t15-,19-/m1/s1. The van der Waals surface area contributed by atoms with Crippen molar-refractivity contribution in [2.24, 2.45) is 5.92 Å². The maximum absolute atomic E-state index is 12.7. The summed E-state index contributed by atoms with van der Waals surface area (Å²) in [5, 5.41) is 15.6. The number of rotatable bonds is 4. The SMILES string of the molecule is CC(C)c1cc(C(=O)N2C[C@@H](Cc3ccnc4ccccc34)[C@H](O)C2)on1. The Bertz CT molecular complexity index is 961. The van der Waals surface area contributed by atoms with E-state index in [2.05, 4.69) is 10.1 Å². The van der Waals surface area contributed by atoms with Crippen molar-refractivity contribution in [3.8, 4) is 0 Å². The molecule has 1 saturated heterocycles. The van der Waals surface area contributed by atoms with Crippen LogP contribution in [0.1, 0.15) is 41.6 Å². The molecule has 0 aliphatic carbocycles. The number of para-hydroxylation sites is 1. The minimum Gasteiger partial charge on any atom is -0.391 e. The number of nitrogens with zero attached hydrogens (tertiary/aromatic N) is 3. The number of likely N-dealkylation sites (tertiary alicyclic amines) is 1. The van der Waals surface area contributed by atoms with Gasteiger partial charge in [-0.05, 0) is 30.0 Å². The molecule has 2 atom stereocenters. The van der Waals surface area contributed by atoms with Gasteiger partial charge < -0.3 is 14.5 Å². The molecule has 0 unspecified atom stereocenters. The van der Waals surface area contributed by atoms with Crippen LogP contribution in [0, 0.1) is 5.92 Å². The monoisotopic (exact) mass is 365 g/mol. The predicted octanol–water partition coefficient (Wildman–Crippen LogP) is 3.02. The topological polar surface area (TPSA) is 79.5 Å². The van der Waals surface area contributed by atoms with E-state index in [0.29, 0.717) is 19.5 Å². The van der Waals surface area contributed by atoms with Crippen LogP contribution in [0.2, 0.25) is 0 Å². The molecule has 3 aromatic rings. The number of aromatic nitrogens is 2. The van der Waals surface area contributed by atoms with E-state index in [0.717, 1.165) is 22.2 Å². The normalized spacial score (nSPS) is 19.9. The van der Waals surface area contributed by atoms with Crippen LogP contribution < -0.4 is 0 Å². The van der Waals surface area contributed by atoms with Crippen molar-refractivity contribution in [2.75, 3.05) is 13.1 Å². The largest absolute Gasteiger partial charge is 0.391 e. The molecule has 27 heavy (non-hydrogen) atoms. The fraction of sp³-hybridized carbons (Fsp3) is 0.381. The molecule has 4 rings (SSSR count). The molecule has 0 radical (unpaired) electrons. The number of hydrogen-bond acceptors (Lipinski definition) is 5. The highest BCUT2D eigenvalue weighted by molar-refractivity contribution is 5.91. The lowest BCUT2D eigenvalue weighted by molar-refractivity contribution is 0.0723. The summed E-state index contributed by atoms with van der Waals surface area (Å²) in [6.45, 7) is 4.81. The Morgan fingerprint density at radius 3 is 2.89 bits per heavy atom. The van der Waals surface area contributed by atoms with Crippen LogP contribution in [-0.4, -0.2) is 45.2 Å². The second-order valence-electron chi connectivity index (χ2n) is 7.50. The van der Waals surface area contributed by atoms with Crippen LogP contribution >= 0.6 is 0 Å². The average Bonchev–Trinajstić information content (AvgIpc) is 3.29. The third-order valence-corrected chi connectivity index (χ3v) is 5.25. The first-order valence-electron chi connectivity index (χ1n) is 9.29. The van der Waals surface area contributed by atoms with Crippen LogP contribution in [-0.2, 0) is 6.42 Å². The van der Waals surface area contributed by atoms with Crippen molar-refractivity contribution in [3.05, 3.63) is 59.6 Å². The first-order chi connectivity index (χ1) is 13.0. The predicted molar refractivity (Wildman–Crippen MR) is 101 cm³/mol. The lowest BCUT2D eigenvalue weighted by atomic mass is 9.94. The Morgan fingerprint density at radius 2 is 2.11 bits per heavy atom. The lowest BCUT2D eigenvalue weighted by Gasteiger charge is -2.15. The van der Waals surface area contributed by atoms with E-state index in [9.17, 15) is 9.90 Å². The van der Waals surface area contributed by atoms with Crippen molar-refractivity contribution < 1.29 is 14.4 Å². The van der Waals surface area contributed by atoms with E-state index < -0.39 is 6.10 Å². The van der Waals surface area contributed by atoms with E-state index >= 15 is 0 Å². The summed E-state index contributed by atoms with van der Waals surface area (Å²) in [5.41, 5.74) is 2.84. The number of aliphatic hydroxyl groups is 1. The van der Waals surface area contributed by atoms with Gasteiger partial charge in [0.1, 0.15) is 0 Å². The number of aliphatic hydroxyl groups excluding tert-OH is 1. The number of β-amino-alcohol motifs (C(OH)–C–C–N with tert-alkyl or cyclic N) is 1. The van der Waals surface area contributed by atoms with Gasteiger partial charge in [-0.3, -0.25) is 9.78 Å². The number of hydrogen-bond donors (Lipinski definition) is 1. The van der Waals surface area contributed by atoms with Gasteiger partial charge in [-0.25, -0.2) is 0 Å². The molecule has 1 aliphatic heterocycles. The van der Waals surface area contributed by atoms with Crippen molar-refractivity contribution in [1.29, 1.82) is 0 Å². The minimum atomic E-state index is -0.562. The van der Waals surface area contributed by atoms with Gasteiger partial charge in [0.2, 0.25) is 5.76 Å². The number of fused-ring (bicyclic) bond motifs is 1. The highest BCUT2D eigenvalue weighted by Crippen LogP contribution is 2.27. The zero-order chi connectivity index (χ0) is 19.0. The highest BCUT2D eigenvalue weighted by atomic mass is 16.5. The first-order valence-corrected chi connectivity index (χ1v) is 9.29. The summed E-state index contributed by atoms with van der Waals surface area (Å²) in [5.74, 6) is 0.205. The number of pyridine rings is 1. The third-order valence-electron chi connectivity index (χ3n) is 5.25. The number of carbonyl (C=O) groups is 1. The molecule has 1 fully saturated rings. The second kappa shape index (κ2) is 7.12. The molecule has 0 saturated carbocycles. The third kappa shape index (κ3) is 3.45. The Kier molecular flexibility index (Phi) is 4.66. The molecule has 1 N–H and O–H groups in total. The van der Waals surface area contributed by atoms with Crippen molar-refractivity contribution in [1.82, 2.24) is 15.0 Å². The molecular weight excluding hydrogens is 342 g/mol. The molecule has 0 spiro atoms. The Balaban J connectivity index is 1.50. The van der Waals surface area contributed by atoms with Crippen LogP contribution in [0.5, 0.6) is 0 Å². The summed E-state index contributed by atoms with van der Waals surface area (Å²) in [6, 6.07) is 11.7. The molecule has 6 heteroatoms. The Hall–Kier alpha value is -2.73. The average molecular weight is 365 g/mol. The fourth-order valence-electron chi connectivity index (χ4n) is 3.65. The smallest absolute Gasteiger partial charge is 0.292 e. The molecule has 1 aromatic carbocycles. The van der Waals surface area contributed by atoms with Gasteiger partial charge in [0.05, 0.1) is 17.3 Å². The van der Waals surface area contributed by atoms with Gasteiger partial charge in [0, 0.05) is 36.7 Å². The fourth-order valence-corrected chi connectivity index (χ4v) is 3.65. The summed E-state index contributed by atoms with van der Waals surface area (Å²) in [6.07, 6.45) is 1.93. The molecule has 2 aromatic heterocycles. The van der Waals surface area contributed by atoms with Crippen LogP contribution in [0.4, 0.5) is 0 Å². The lowest BCUT2D eigenvalue weighted by Crippen LogP contribution is -2.29. The zero-order valence-corrected chi connectivity index (χ0v) is 15.5. The van der Waals surface area contributed by atoms with Gasteiger partial charge in [0.15, 0.2) is 0 Å². The maximum atomic E-state index is 12.7. The highest BCUT2D eigenvalue weighted by Gasteiger charge is 2.36. The molecule has 3 heterocycles. The quantitative estimate of drug-likeness (QED) is 0.769. The van der Waals surface area contributed by atoms with Gasteiger partial charge in [0.25, 0.3) is 5.91 Å². The Labute approximate surface area is 157 Å². The number of benzene rings is 1. The first kappa shape index (κ1) is 17.7. The molecule has 0 bridgehead atoms. The summed E-state index contributed by atoms with van der Waals surface area (Å²) in [4.78, 5) is 18.8. The van der Waals surface area contributed by atoms with E-state index in [1.165, 1.54) is 0 Å².